The second-order valence-corrected chi connectivity index (χ2v) is 6.15. The zero-order valence-corrected chi connectivity index (χ0v) is 12.6. The maximum Gasteiger partial charge on any atom is 0.293 e. The number of rotatable bonds is 4. The fraction of sp³-hybridized carbons (Fsp3) is 0.533. The molecule has 0 radical (unpaired) electrons. The van der Waals surface area contributed by atoms with Crippen LogP contribution in [-0.4, -0.2) is 23.9 Å². The summed E-state index contributed by atoms with van der Waals surface area (Å²) in [5.74, 6) is -0.328. The Hall–Kier alpha value is -2.11. The van der Waals surface area contributed by atoms with Crippen molar-refractivity contribution >= 4 is 17.3 Å². The number of benzene rings is 1. The first kappa shape index (κ1) is 15.3. The normalized spacial score (nSPS) is 20.0. The fourth-order valence-electron chi connectivity index (χ4n) is 2.87. The molecule has 1 amide bonds. The number of anilines is 1. The fourth-order valence-corrected chi connectivity index (χ4v) is 2.87. The highest BCUT2D eigenvalue weighted by Crippen LogP contribution is 2.40. The van der Waals surface area contributed by atoms with Gasteiger partial charge >= 0.3 is 0 Å². The molecule has 1 atom stereocenters. The number of hydrogen-bond donors (Lipinski definition) is 2. The number of carbonyl (C=O) groups is 1. The molecule has 1 aromatic carbocycles. The number of amides is 1. The molecule has 1 fully saturated rings. The third-order valence-electron chi connectivity index (χ3n) is 4.27. The Labute approximate surface area is 124 Å². The molecule has 1 unspecified atom stereocenters. The summed E-state index contributed by atoms with van der Waals surface area (Å²) in [6.07, 6.45) is 3.23. The van der Waals surface area contributed by atoms with Crippen LogP contribution < -0.4 is 10.6 Å². The van der Waals surface area contributed by atoms with Crippen LogP contribution in [0.2, 0.25) is 0 Å². The zero-order chi connectivity index (χ0) is 15.6. The quantitative estimate of drug-likeness (QED) is 0.660. The lowest BCUT2D eigenvalue weighted by molar-refractivity contribution is -0.384. The van der Waals surface area contributed by atoms with E-state index >= 15 is 0 Å². The van der Waals surface area contributed by atoms with Gasteiger partial charge in [0.1, 0.15) is 5.69 Å². The molecule has 1 saturated carbocycles. The molecule has 114 valence electrons. The maximum absolute atomic E-state index is 11.6. The monoisotopic (exact) mass is 291 g/mol. The predicted octanol–water partition coefficient (Wildman–Crippen LogP) is 2.95. The van der Waals surface area contributed by atoms with E-state index in [0.29, 0.717) is 11.3 Å². The van der Waals surface area contributed by atoms with Crippen molar-refractivity contribution in [3.05, 3.63) is 33.9 Å². The van der Waals surface area contributed by atoms with E-state index in [4.69, 9.17) is 0 Å². The minimum Gasteiger partial charge on any atom is -0.376 e. The smallest absolute Gasteiger partial charge is 0.293 e. The average molecular weight is 291 g/mol. The van der Waals surface area contributed by atoms with Gasteiger partial charge < -0.3 is 10.6 Å². The minimum atomic E-state index is -0.448. The van der Waals surface area contributed by atoms with E-state index in [1.54, 1.807) is 12.1 Å². The molecular weight excluding hydrogens is 270 g/mol. The minimum absolute atomic E-state index is 0.0567. The van der Waals surface area contributed by atoms with Crippen molar-refractivity contribution in [1.29, 1.82) is 0 Å². The van der Waals surface area contributed by atoms with Crippen molar-refractivity contribution in [3.8, 4) is 0 Å². The zero-order valence-electron chi connectivity index (χ0n) is 12.6. The van der Waals surface area contributed by atoms with Crippen molar-refractivity contribution < 1.29 is 9.72 Å². The lowest BCUT2D eigenvalue weighted by Crippen LogP contribution is -2.31. The predicted molar refractivity (Wildman–Crippen MR) is 81.5 cm³/mol. The Morgan fingerprint density at radius 2 is 2.14 bits per heavy atom. The van der Waals surface area contributed by atoms with Gasteiger partial charge in [0, 0.05) is 24.7 Å². The summed E-state index contributed by atoms with van der Waals surface area (Å²) >= 11 is 0. The lowest BCUT2D eigenvalue weighted by Gasteiger charge is -2.28. The number of nitro groups is 1. The first-order valence-corrected chi connectivity index (χ1v) is 7.12. The Kier molecular flexibility index (Phi) is 4.16. The molecule has 2 rings (SSSR count). The Morgan fingerprint density at radius 3 is 2.67 bits per heavy atom. The Balaban J connectivity index is 2.31. The van der Waals surface area contributed by atoms with Crippen LogP contribution >= 0.6 is 0 Å². The van der Waals surface area contributed by atoms with Gasteiger partial charge in [-0.3, -0.25) is 14.9 Å². The van der Waals surface area contributed by atoms with E-state index in [9.17, 15) is 14.9 Å². The number of carbonyl (C=O) groups excluding carboxylic acids is 1. The number of nitro benzene ring substituents is 1. The summed E-state index contributed by atoms with van der Waals surface area (Å²) < 4.78 is 0. The Morgan fingerprint density at radius 1 is 1.43 bits per heavy atom. The third-order valence-corrected chi connectivity index (χ3v) is 4.27. The van der Waals surface area contributed by atoms with Crippen LogP contribution in [0.5, 0.6) is 0 Å². The molecule has 0 spiro atoms. The molecule has 1 aromatic rings. The summed E-state index contributed by atoms with van der Waals surface area (Å²) in [7, 11) is 1.50. The maximum atomic E-state index is 11.6. The molecule has 1 aliphatic carbocycles. The number of nitrogens with one attached hydrogen (secondary N) is 2. The average Bonchev–Trinajstić information content (AvgIpc) is 2.77. The largest absolute Gasteiger partial charge is 0.376 e. The van der Waals surface area contributed by atoms with Crippen molar-refractivity contribution in [2.45, 2.75) is 39.2 Å². The molecule has 6 heteroatoms. The summed E-state index contributed by atoms with van der Waals surface area (Å²) in [6.45, 7) is 4.34. The highest BCUT2D eigenvalue weighted by atomic mass is 16.6. The van der Waals surface area contributed by atoms with E-state index in [-0.39, 0.29) is 23.1 Å². The first-order valence-electron chi connectivity index (χ1n) is 7.12. The molecule has 2 N–H and O–H groups in total. The highest BCUT2D eigenvalue weighted by molar-refractivity contribution is 5.95. The molecule has 0 aliphatic heterocycles. The van der Waals surface area contributed by atoms with Gasteiger partial charge in [-0.1, -0.05) is 20.3 Å². The van der Waals surface area contributed by atoms with Crippen LogP contribution in [0, 0.1) is 15.5 Å². The molecule has 0 bridgehead atoms. The van der Waals surface area contributed by atoms with Gasteiger partial charge in [-0.25, -0.2) is 0 Å². The van der Waals surface area contributed by atoms with Crippen LogP contribution in [0.3, 0.4) is 0 Å². The van der Waals surface area contributed by atoms with Crippen LogP contribution in [0.4, 0.5) is 11.4 Å². The summed E-state index contributed by atoms with van der Waals surface area (Å²) in [4.78, 5) is 22.4. The Bertz CT molecular complexity index is 569. The molecule has 6 nitrogen and oxygen atoms in total. The van der Waals surface area contributed by atoms with Gasteiger partial charge in [-0.15, -0.1) is 0 Å². The number of hydrogen-bond acceptors (Lipinski definition) is 4. The van der Waals surface area contributed by atoms with Gasteiger partial charge in [0.05, 0.1) is 4.92 Å². The van der Waals surface area contributed by atoms with Crippen molar-refractivity contribution in [1.82, 2.24) is 5.32 Å². The van der Waals surface area contributed by atoms with Gasteiger partial charge in [0.2, 0.25) is 0 Å². The van der Waals surface area contributed by atoms with E-state index < -0.39 is 4.92 Å². The van der Waals surface area contributed by atoms with Crippen LogP contribution in [0.25, 0.3) is 0 Å². The molecule has 0 heterocycles. The standard InChI is InChI=1S/C15H21N3O3/c1-15(2)8-4-5-13(15)17-11-7-6-10(14(19)16-3)9-12(11)18(20)21/h6-7,9,13,17H,4-5,8H2,1-3H3,(H,16,19). The summed E-state index contributed by atoms with van der Waals surface area (Å²) in [5.41, 5.74) is 0.833. The SMILES string of the molecule is CNC(=O)c1ccc(NC2CCCC2(C)C)c([N+](=O)[O-])c1. The molecular formula is C15H21N3O3. The third kappa shape index (κ3) is 3.15. The highest BCUT2D eigenvalue weighted by Gasteiger charge is 2.35. The van der Waals surface area contributed by atoms with Crippen molar-refractivity contribution in [3.63, 3.8) is 0 Å². The van der Waals surface area contributed by atoms with Gasteiger partial charge in [-0.2, -0.15) is 0 Å². The molecule has 1 aliphatic rings. The van der Waals surface area contributed by atoms with Gasteiger partial charge in [-0.05, 0) is 30.4 Å². The summed E-state index contributed by atoms with van der Waals surface area (Å²) in [6, 6.07) is 4.76. The van der Waals surface area contributed by atoms with Gasteiger partial charge in [0.15, 0.2) is 0 Å². The van der Waals surface area contributed by atoms with Crippen LogP contribution in [-0.2, 0) is 0 Å². The molecule has 0 saturated heterocycles. The number of nitrogens with zero attached hydrogens (tertiary/aromatic N) is 1. The van der Waals surface area contributed by atoms with E-state index in [1.807, 2.05) is 0 Å². The van der Waals surface area contributed by atoms with Crippen LogP contribution in [0.1, 0.15) is 43.5 Å². The summed E-state index contributed by atoms with van der Waals surface area (Å²) in [5, 5.41) is 17.0. The van der Waals surface area contributed by atoms with E-state index in [1.165, 1.54) is 13.1 Å². The van der Waals surface area contributed by atoms with Gasteiger partial charge in [0.25, 0.3) is 11.6 Å². The van der Waals surface area contributed by atoms with Crippen LogP contribution in [0.15, 0.2) is 18.2 Å². The van der Waals surface area contributed by atoms with E-state index in [2.05, 4.69) is 24.5 Å². The second-order valence-electron chi connectivity index (χ2n) is 6.15. The lowest BCUT2D eigenvalue weighted by atomic mass is 9.87. The molecule has 0 aromatic heterocycles. The van der Waals surface area contributed by atoms with E-state index in [0.717, 1.165) is 19.3 Å². The topological polar surface area (TPSA) is 84.3 Å². The molecule has 21 heavy (non-hydrogen) atoms. The second kappa shape index (κ2) is 5.71. The first-order chi connectivity index (χ1) is 9.85. The van der Waals surface area contributed by atoms with Crippen molar-refractivity contribution in [2.75, 3.05) is 12.4 Å². The van der Waals surface area contributed by atoms with Crippen molar-refractivity contribution in [2.24, 2.45) is 5.41 Å².